The first-order valence-electron chi connectivity index (χ1n) is 5.83. The van der Waals surface area contributed by atoms with Gasteiger partial charge >= 0.3 is 0 Å². The number of carbonyl (C=O) groups excluding carboxylic acids is 1. The highest BCUT2D eigenvalue weighted by molar-refractivity contribution is 7.89. The number of ether oxygens (including phenoxy) is 1. The molecule has 0 heterocycles. The van der Waals surface area contributed by atoms with Crippen LogP contribution in [0.25, 0.3) is 0 Å². The van der Waals surface area contributed by atoms with Gasteiger partial charge in [-0.25, -0.2) is 13.6 Å². The molecule has 7 heteroatoms. The van der Waals surface area contributed by atoms with Crippen LogP contribution in [-0.4, -0.2) is 28.0 Å². The quantitative estimate of drug-likeness (QED) is 0.810. The van der Waals surface area contributed by atoms with Crippen molar-refractivity contribution in [2.45, 2.75) is 24.7 Å². The van der Waals surface area contributed by atoms with E-state index in [1.54, 1.807) is 12.1 Å². The van der Waals surface area contributed by atoms with Crippen molar-refractivity contribution in [3.8, 4) is 0 Å². The predicted octanol–water partition coefficient (Wildman–Crippen LogP) is 0.871. The van der Waals surface area contributed by atoms with Crippen molar-refractivity contribution in [2.75, 3.05) is 19.0 Å². The molecule has 0 fully saturated rings. The molecule has 0 aliphatic carbocycles. The van der Waals surface area contributed by atoms with Crippen LogP contribution in [0.5, 0.6) is 0 Å². The minimum atomic E-state index is -3.80. The molecule has 3 N–H and O–H groups in total. The van der Waals surface area contributed by atoms with E-state index in [4.69, 9.17) is 9.88 Å². The van der Waals surface area contributed by atoms with E-state index in [0.29, 0.717) is 24.3 Å². The van der Waals surface area contributed by atoms with E-state index >= 15 is 0 Å². The zero-order valence-corrected chi connectivity index (χ0v) is 11.8. The van der Waals surface area contributed by atoms with Crippen LogP contribution in [-0.2, 0) is 26.0 Å². The van der Waals surface area contributed by atoms with Crippen LogP contribution in [0.3, 0.4) is 0 Å². The predicted molar refractivity (Wildman–Crippen MR) is 72.3 cm³/mol. The molecule has 0 radical (unpaired) electrons. The summed E-state index contributed by atoms with van der Waals surface area (Å²) in [5.41, 5.74) is 1.03. The molecular weight excluding hydrogens is 268 g/mol. The Morgan fingerprint density at radius 1 is 1.42 bits per heavy atom. The number of hydrogen-bond donors (Lipinski definition) is 2. The minimum Gasteiger partial charge on any atom is -0.384 e. The van der Waals surface area contributed by atoms with Crippen molar-refractivity contribution in [3.63, 3.8) is 0 Å². The van der Waals surface area contributed by atoms with E-state index in [1.807, 2.05) is 6.92 Å². The molecule has 0 saturated heterocycles. The van der Waals surface area contributed by atoms with E-state index in [-0.39, 0.29) is 17.2 Å². The number of hydrogen-bond acceptors (Lipinski definition) is 4. The molecule has 19 heavy (non-hydrogen) atoms. The third-order valence-corrected chi connectivity index (χ3v) is 3.56. The fourth-order valence-electron chi connectivity index (χ4n) is 1.61. The van der Waals surface area contributed by atoms with E-state index in [9.17, 15) is 13.2 Å². The standard InChI is InChI=1S/C12H18N2O4S/c1-3-9-4-5-10(8-11(9)19(13,16)17)14-12(15)6-7-18-2/h4-5,8H,3,6-7H2,1-2H3,(H,14,15)(H2,13,16,17). The topological polar surface area (TPSA) is 98.5 Å². The number of sulfonamides is 1. The Morgan fingerprint density at radius 3 is 2.63 bits per heavy atom. The van der Waals surface area contributed by atoms with Crippen molar-refractivity contribution < 1.29 is 17.9 Å². The first kappa shape index (κ1) is 15.6. The molecule has 1 aromatic rings. The minimum absolute atomic E-state index is 0.0412. The van der Waals surface area contributed by atoms with Gasteiger partial charge in [-0.05, 0) is 24.1 Å². The van der Waals surface area contributed by atoms with Crippen LogP contribution in [0.4, 0.5) is 5.69 Å². The van der Waals surface area contributed by atoms with Crippen LogP contribution in [0.1, 0.15) is 18.9 Å². The first-order chi connectivity index (χ1) is 8.88. The van der Waals surface area contributed by atoms with Crippen LogP contribution in [0, 0.1) is 0 Å². The molecule has 0 aliphatic heterocycles. The van der Waals surface area contributed by atoms with Crippen molar-refractivity contribution in [1.82, 2.24) is 0 Å². The number of benzene rings is 1. The second kappa shape index (κ2) is 6.65. The number of anilines is 1. The summed E-state index contributed by atoms with van der Waals surface area (Å²) < 4.78 is 27.7. The van der Waals surface area contributed by atoms with E-state index < -0.39 is 10.0 Å². The molecule has 106 valence electrons. The highest BCUT2D eigenvalue weighted by Crippen LogP contribution is 2.20. The number of nitrogens with two attached hydrogens (primary N) is 1. The second-order valence-corrected chi connectivity index (χ2v) is 5.54. The average Bonchev–Trinajstić information content (AvgIpc) is 2.35. The van der Waals surface area contributed by atoms with Gasteiger partial charge in [0.1, 0.15) is 0 Å². The van der Waals surface area contributed by atoms with Crippen molar-refractivity contribution >= 4 is 21.6 Å². The maximum Gasteiger partial charge on any atom is 0.238 e. The maximum absolute atomic E-state index is 11.5. The summed E-state index contributed by atoms with van der Waals surface area (Å²) >= 11 is 0. The number of rotatable bonds is 6. The molecular formula is C12H18N2O4S. The molecule has 0 bridgehead atoms. The van der Waals surface area contributed by atoms with Crippen LogP contribution < -0.4 is 10.5 Å². The molecule has 0 aliphatic rings. The number of nitrogens with one attached hydrogen (secondary N) is 1. The Labute approximate surface area is 113 Å². The highest BCUT2D eigenvalue weighted by Gasteiger charge is 2.14. The zero-order chi connectivity index (χ0) is 14.5. The lowest BCUT2D eigenvalue weighted by molar-refractivity contribution is -0.117. The van der Waals surface area contributed by atoms with Gasteiger partial charge < -0.3 is 10.1 Å². The monoisotopic (exact) mass is 286 g/mol. The summed E-state index contributed by atoms with van der Waals surface area (Å²) in [6.07, 6.45) is 0.750. The number of aryl methyl sites for hydroxylation is 1. The normalized spacial score (nSPS) is 11.3. The Bertz CT molecular complexity index is 555. The summed E-state index contributed by atoms with van der Waals surface area (Å²) in [4.78, 5) is 11.6. The molecule has 0 atom stereocenters. The van der Waals surface area contributed by atoms with Gasteiger partial charge in [0.2, 0.25) is 15.9 Å². The molecule has 0 unspecified atom stereocenters. The lowest BCUT2D eigenvalue weighted by Gasteiger charge is -2.10. The summed E-state index contributed by atoms with van der Waals surface area (Å²) in [5.74, 6) is -0.244. The highest BCUT2D eigenvalue weighted by atomic mass is 32.2. The van der Waals surface area contributed by atoms with Gasteiger partial charge in [-0.15, -0.1) is 0 Å². The fourth-order valence-corrected chi connectivity index (χ4v) is 2.48. The number of primary sulfonamides is 1. The van der Waals surface area contributed by atoms with Crippen LogP contribution in [0.15, 0.2) is 23.1 Å². The second-order valence-electron chi connectivity index (χ2n) is 4.01. The van der Waals surface area contributed by atoms with Gasteiger partial charge in [0, 0.05) is 12.8 Å². The molecule has 0 spiro atoms. The van der Waals surface area contributed by atoms with E-state index in [2.05, 4.69) is 5.32 Å². The molecule has 1 rings (SSSR count). The number of carbonyl (C=O) groups is 1. The Balaban J connectivity index is 2.96. The van der Waals surface area contributed by atoms with Gasteiger partial charge in [0.25, 0.3) is 0 Å². The van der Waals surface area contributed by atoms with Crippen molar-refractivity contribution in [2.24, 2.45) is 5.14 Å². The Hall–Kier alpha value is -1.44. The number of methoxy groups -OCH3 is 1. The largest absolute Gasteiger partial charge is 0.384 e. The number of amides is 1. The molecule has 6 nitrogen and oxygen atoms in total. The van der Waals surface area contributed by atoms with Gasteiger partial charge in [-0.2, -0.15) is 0 Å². The lowest BCUT2D eigenvalue weighted by Crippen LogP contribution is -2.17. The average molecular weight is 286 g/mol. The summed E-state index contributed by atoms with van der Waals surface area (Å²) in [7, 11) is -2.29. The van der Waals surface area contributed by atoms with Gasteiger partial charge in [0.15, 0.2) is 0 Å². The van der Waals surface area contributed by atoms with Gasteiger partial charge in [-0.3, -0.25) is 4.79 Å². The Morgan fingerprint density at radius 2 is 2.11 bits per heavy atom. The molecule has 1 aromatic carbocycles. The molecule has 0 saturated carbocycles. The van der Waals surface area contributed by atoms with Crippen molar-refractivity contribution in [1.29, 1.82) is 0 Å². The SMILES string of the molecule is CCc1ccc(NC(=O)CCOC)cc1S(N)(=O)=O. The Kier molecular flexibility index (Phi) is 5.46. The van der Waals surface area contributed by atoms with Gasteiger partial charge in [0.05, 0.1) is 17.9 Å². The molecule has 1 amide bonds. The van der Waals surface area contributed by atoms with Crippen LogP contribution >= 0.6 is 0 Å². The lowest BCUT2D eigenvalue weighted by atomic mass is 10.1. The first-order valence-corrected chi connectivity index (χ1v) is 7.37. The maximum atomic E-state index is 11.5. The van der Waals surface area contributed by atoms with Crippen molar-refractivity contribution in [3.05, 3.63) is 23.8 Å². The third kappa shape index (κ3) is 4.62. The summed E-state index contributed by atoms with van der Waals surface area (Å²) in [6.45, 7) is 2.14. The van der Waals surface area contributed by atoms with E-state index in [0.717, 1.165) is 0 Å². The smallest absolute Gasteiger partial charge is 0.238 e. The third-order valence-electron chi connectivity index (χ3n) is 2.57. The zero-order valence-electron chi connectivity index (χ0n) is 11.0. The van der Waals surface area contributed by atoms with Gasteiger partial charge in [-0.1, -0.05) is 13.0 Å². The fraction of sp³-hybridized carbons (Fsp3) is 0.417. The van der Waals surface area contributed by atoms with Crippen LogP contribution in [0.2, 0.25) is 0 Å². The molecule has 0 aromatic heterocycles. The summed E-state index contributed by atoms with van der Waals surface area (Å²) in [6, 6.07) is 4.67. The van der Waals surface area contributed by atoms with E-state index in [1.165, 1.54) is 13.2 Å². The summed E-state index contributed by atoms with van der Waals surface area (Å²) in [5, 5.41) is 7.75.